The fraction of sp³-hybridized carbons (Fsp3) is 0.375. The van der Waals surface area contributed by atoms with Crippen LogP contribution in [0.2, 0.25) is 5.02 Å². The second-order valence-corrected chi connectivity index (χ2v) is 5.56. The normalized spacial score (nSPS) is 10.7. The standard InChI is InChI=1S/C16H19ClN2O2/c1-10-15(11(2)19(3)18-10)9-14(20)8-12-7-13(17)5-6-16(12)21-4/h5-7H,8-9H2,1-4H3. The minimum Gasteiger partial charge on any atom is -0.496 e. The number of nitrogens with zero attached hydrogens (tertiary/aromatic N) is 2. The van der Waals surface area contributed by atoms with E-state index >= 15 is 0 Å². The van der Waals surface area contributed by atoms with Crippen molar-refractivity contribution in [2.45, 2.75) is 26.7 Å². The molecule has 4 nitrogen and oxygen atoms in total. The molecule has 0 atom stereocenters. The van der Waals surface area contributed by atoms with Gasteiger partial charge in [-0.25, -0.2) is 0 Å². The summed E-state index contributed by atoms with van der Waals surface area (Å²) >= 11 is 5.99. The highest BCUT2D eigenvalue weighted by Crippen LogP contribution is 2.24. The molecule has 0 saturated carbocycles. The number of ether oxygens (including phenoxy) is 1. The summed E-state index contributed by atoms with van der Waals surface area (Å²) in [7, 11) is 3.48. The summed E-state index contributed by atoms with van der Waals surface area (Å²) in [6, 6.07) is 5.32. The number of Topliss-reactive ketones (excluding diaryl/α,β-unsaturated/α-hetero) is 1. The van der Waals surface area contributed by atoms with Crippen molar-refractivity contribution in [1.29, 1.82) is 0 Å². The average molecular weight is 307 g/mol. The Morgan fingerprint density at radius 2 is 2.05 bits per heavy atom. The first-order chi connectivity index (χ1) is 9.92. The van der Waals surface area contributed by atoms with Gasteiger partial charge >= 0.3 is 0 Å². The molecule has 0 aliphatic rings. The molecule has 5 heteroatoms. The third-order valence-electron chi connectivity index (χ3n) is 3.66. The number of aryl methyl sites for hydroxylation is 2. The Balaban J connectivity index is 2.17. The molecule has 0 N–H and O–H groups in total. The number of carbonyl (C=O) groups is 1. The summed E-state index contributed by atoms with van der Waals surface area (Å²) in [5.74, 6) is 0.808. The summed E-state index contributed by atoms with van der Waals surface area (Å²) in [5, 5.41) is 4.94. The van der Waals surface area contributed by atoms with Crippen LogP contribution in [0.5, 0.6) is 5.75 Å². The number of hydrogen-bond donors (Lipinski definition) is 0. The van der Waals surface area contributed by atoms with Crippen LogP contribution < -0.4 is 4.74 Å². The van der Waals surface area contributed by atoms with Gasteiger partial charge in [-0.05, 0) is 32.0 Å². The van der Waals surface area contributed by atoms with Gasteiger partial charge in [0.2, 0.25) is 0 Å². The minimum atomic E-state index is 0.120. The van der Waals surface area contributed by atoms with Crippen LogP contribution in [-0.4, -0.2) is 22.7 Å². The molecule has 0 aliphatic heterocycles. The SMILES string of the molecule is COc1ccc(Cl)cc1CC(=O)Cc1c(C)nn(C)c1C. The molecular weight excluding hydrogens is 288 g/mol. The van der Waals surface area contributed by atoms with Gasteiger partial charge in [0.1, 0.15) is 11.5 Å². The van der Waals surface area contributed by atoms with Crippen molar-refractivity contribution in [3.8, 4) is 5.75 Å². The largest absolute Gasteiger partial charge is 0.496 e. The molecule has 112 valence electrons. The molecular formula is C16H19ClN2O2. The van der Waals surface area contributed by atoms with Crippen LogP contribution in [-0.2, 0) is 24.7 Å². The van der Waals surface area contributed by atoms with E-state index in [1.165, 1.54) is 0 Å². The van der Waals surface area contributed by atoms with E-state index in [2.05, 4.69) is 5.10 Å². The van der Waals surface area contributed by atoms with Crippen molar-refractivity contribution < 1.29 is 9.53 Å². The monoisotopic (exact) mass is 306 g/mol. The maximum absolute atomic E-state index is 12.3. The summed E-state index contributed by atoms with van der Waals surface area (Å²) in [6.07, 6.45) is 0.679. The first kappa shape index (κ1) is 15.6. The zero-order valence-corrected chi connectivity index (χ0v) is 13.5. The molecule has 1 aromatic carbocycles. The van der Waals surface area contributed by atoms with Crippen LogP contribution in [0.25, 0.3) is 0 Å². The van der Waals surface area contributed by atoms with E-state index in [1.807, 2.05) is 20.9 Å². The summed E-state index contributed by atoms with van der Waals surface area (Å²) in [5.41, 5.74) is 3.75. The highest BCUT2D eigenvalue weighted by molar-refractivity contribution is 6.30. The summed E-state index contributed by atoms with van der Waals surface area (Å²) < 4.78 is 7.08. The van der Waals surface area contributed by atoms with Crippen LogP contribution in [0.3, 0.4) is 0 Å². The van der Waals surface area contributed by atoms with E-state index in [0.29, 0.717) is 23.6 Å². The Bertz CT molecular complexity index is 677. The topological polar surface area (TPSA) is 44.1 Å². The lowest BCUT2D eigenvalue weighted by Gasteiger charge is -2.08. The molecule has 0 spiro atoms. The van der Waals surface area contributed by atoms with Gasteiger partial charge < -0.3 is 4.74 Å². The van der Waals surface area contributed by atoms with Gasteiger partial charge in [0, 0.05) is 41.7 Å². The Hall–Kier alpha value is -1.81. The van der Waals surface area contributed by atoms with Gasteiger partial charge in [-0.15, -0.1) is 0 Å². The maximum Gasteiger partial charge on any atom is 0.141 e. The first-order valence-corrected chi connectivity index (χ1v) is 7.13. The molecule has 2 rings (SSSR count). The zero-order chi connectivity index (χ0) is 15.6. The number of benzene rings is 1. The quantitative estimate of drug-likeness (QED) is 0.853. The fourth-order valence-electron chi connectivity index (χ4n) is 2.43. The van der Waals surface area contributed by atoms with Crippen molar-refractivity contribution in [2.75, 3.05) is 7.11 Å². The first-order valence-electron chi connectivity index (χ1n) is 6.75. The predicted octanol–water partition coefficient (Wildman–Crippen LogP) is 3.05. The second kappa shape index (κ2) is 6.31. The molecule has 0 fully saturated rings. The van der Waals surface area contributed by atoms with E-state index in [4.69, 9.17) is 16.3 Å². The molecule has 1 heterocycles. The third-order valence-corrected chi connectivity index (χ3v) is 3.90. The lowest BCUT2D eigenvalue weighted by molar-refractivity contribution is -0.117. The van der Waals surface area contributed by atoms with E-state index in [0.717, 1.165) is 22.5 Å². The predicted molar refractivity (Wildman–Crippen MR) is 83.1 cm³/mol. The van der Waals surface area contributed by atoms with Gasteiger partial charge in [-0.2, -0.15) is 5.10 Å². The number of rotatable bonds is 5. The van der Waals surface area contributed by atoms with Gasteiger partial charge in [0.05, 0.1) is 12.8 Å². The molecule has 0 amide bonds. The smallest absolute Gasteiger partial charge is 0.141 e. The molecule has 1 aromatic heterocycles. The van der Waals surface area contributed by atoms with Crippen LogP contribution in [0, 0.1) is 13.8 Å². The van der Waals surface area contributed by atoms with Crippen molar-refractivity contribution in [3.63, 3.8) is 0 Å². The summed E-state index contributed by atoms with van der Waals surface area (Å²) in [4.78, 5) is 12.3. The Morgan fingerprint density at radius 1 is 1.33 bits per heavy atom. The number of halogens is 1. The zero-order valence-electron chi connectivity index (χ0n) is 12.7. The Labute approximate surface area is 129 Å². The van der Waals surface area contributed by atoms with Crippen molar-refractivity contribution >= 4 is 17.4 Å². The van der Waals surface area contributed by atoms with Gasteiger partial charge in [0.15, 0.2) is 0 Å². The molecule has 21 heavy (non-hydrogen) atoms. The number of aromatic nitrogens is 2. The molecule has 0 radical (unpaired) electrons. The number of carbonyl (C=O) groups excluding carboxylic acids is 1. The van der Waals surface area contributed by atoms with Gasteiger partial charge in [0.25, 0.3) is 0 Å². The van der Waals surface area contributed by atoms with E-state index < -0.39 is 0 Å². The molecule has 0 aliphatic carbocycles. The van der Waals surface area contributed by atoms with Crippen LogP contribution in [0.15, 0.2) is 18.2 Å². The van der Waals surface area contributed by atoms with Crippen LogP contribution in [0.4, 0.5) is 0 Å². The lowest BCUT2D eigenvalue weighted by Crippen LogP contribution is -2.09. The summed E-state index contributed by atoms with van der Waals surface area (Å²) in [6.45, 7) is 3.90. The van der Waals surface area contributed by atoms with E-state index in [-0.39, 0.29) is 5.78 Å². The van der Waals surface area contributed by atoms with Gasteiger partial charge in [-0.1, -0.05) is 11.6 Å². The van der Waals surface area contributed by atoms with Gasteiger partial charge in [-0.3, -0.25) is 9.48 Å². The fourth-order valence-corrected chi connectivity index (χ4v) is 2.63. The highest BCUT2D eigenvalue weighted by atomic mass is 35.5. The Kier molecular flexibility index (Phi) is 4.68. The molecule has 2 aromatic rings. The Morgan fingerprint density at radius 3 is 2.62 bits per heavy atom. The van der Waals surface area contributed by atoms with E-state index in [9.17, 15) is 4.79 Å². The van der Waals surface area contributed by atoms with Crippen molar-refractivity contribution in [3.05, 3.63) is 45.7 Å². The molecule has 0 unspecified atom stereocenters. The maximum atomic E-state index is 12.3. The lowest BCUT2D eigenvalue weighted by atomic mass is 10.0. The van der Waals surface area contributed by atoms with Crippen LogP contribution >= 0.6 is 11.6 Å². The van der Waals surface area contributed by atoms with E-state index in [1.54, 1.807) is 30.0 Å². The second-order valence-electron chi connectivity index (χ2n) is 5.12. The number of methoxy groups -OCH3 is 1. The number of ketones is 1. The van der Waals surface area contributed by atoms with Crippen molar-refractivity contribution in [1.82, 2.24) is 9.78 Å². The highest BCUT2D eigenvalue weighted by Gasteiger charge is 2.15. The number of hydrogen-bond acceptors (Lipinski definition) is 3. The minimum absolute atomic E-state index is 0.120. The van der Waals surface area contributed by atoms with Crippen molar-refractivity contribution in [2.24, 2.45) is 7.05 Å². The average Bonchev–Trinajstić information content (AvgIpc) is 2.66. The third kappa shape index (κ3) is 3.45. The molecule has 0 bridgehead atoms. The molecule has 0 saturated heterocycles. The van der Waals surface area contributed by atoms with Crippen LogP contribution in [0.1, 0.15) is 22.5 Å².